The number of amides is 1. The van der Waals surface area contributed by atoms with Crippen LogP contribution in [0.4, 0.5) is 0 Å². The average molecular weight is 270 g/mol. The number of aromatic nitrogens is 3. The van der Waals surface area contributed by atoms with Gasteiger partial charge in [0.25, 0.3) is 5.56 Å². The minimum absolute atomic E-state index is 0.0474. The molecule has 1 fully saturated rings. The fourth-order valence-electron chi connectivity index (χ4n) is 1.88. The SMILES string of the molecule is O=C(Cn1nc(-c2ccncc2)ccc1=O)NC1CC1. The lowest BCUT2D eigenvalue weighted by Gasteiger charge is -2.07. The Labute approximate surface area is 115 Å². The van der Waals surface area contributed by atoms with Gasteiger partial charge in [-0.1, -0.05) is 0 Å². The average Bonchev–Trinajstić information content (AvgIpc) is 3.26. The molecule has 0 spiro atoms. The van der Waals surface area contributed by atoms with Gasteiger partial charge in [0.05, 0.1) is 5.69 Å². The number of pyridine rings is 1. The van der Waals surface area contributed by atoms with E-state index < -0.39 is 0 Å². The molecule has 2 aromatic rings. The second-order valence-electron chi connectivity index (χ2n) is 4.79. The third-order valence-electron chi connectivity index (χ3n) is 3.08. The van der Waals surface area contributed by atoms with Crippen molar-refractivity contribution in [2.24, 2.45) is 0 Å². The van der Waals surface area contributed by atoms with E-state index in [0.717, 1.165) is 18.4 Å². The van der Waals surface area contributed by atoms with E-state index in [-0.39, 0.29) is 24.1 Å². The van der Waals surface area contributed by atoms with Crippen molar-refractivity contribution in [2.45, 2.75) is 25.4 Å². The van der Waals surface area contributed by atoms with Gasteiger partial charge in [0, 0.05) is 30.1 Å². The van der Waals surface area contributed by atoms with E-state index in [4.69, 9.17) is 0 Å². The van der Waals surface area contributed by atoms with E-state index in [1.165, 1.54) is 10.7 Å². The van der Waals surface area contributed by atoms with Crippen LogP contribution >= 0.6 is 0 Å². The van der Waals surface area contributed by atoms with Crippen molar-refractivity contribution in [1.29, 1.82) is 0 Å². The van der Waals surface area contributed by atoms with Gasteiger partial charge < -0.3 is 5.32 Å². The summed E-state index contributed by atoms with van der Waals surface area (Å²) in [6.07, 6.45) is 5.36. The first-order valence-electron chi connectivity index (χ1n) is 6.50. The largest absolute Gasteiger partial charge is 0.352 e. The maximum absolute atomic E-state index is 11.7. The topological polar surface area (TPSA) is 76.9 Å². The molecule has 0 aromatic carbocycles. The Bertz CT molecular complexity index is 677. The number of rotatable bonds is 4. The summed E-state index contributed by atoms with van der Waals surface area (Å²) in [4.78, 5) is 27.4. The van der Waals surface area contributed by atoms with Gasteiger partial charge in [0.2, 0.25) is 5.91 Å². The van der Waals surface area contributed by atoms with Crippen LogP contribution in [0.2, 0.25) is 0 Å². The lowest BCUT2D eigenvalue weighted by atomic mass is 10.2. The summed E-state index contributed by atoms with van der Waals surface area (Å²) in [5, 5.41) is 7.07. The standard InChI is InChI=1S/C14H14N4O2/c19-13(16-11-1-2-11)9-18-14(20)4-3-12(17-18)10-5-7-15-8-6-10/h3-8,11H,1-2,9H2,(H,16,19). The molecule has 6 heteroatoms. The molecule has 20 heavy (non-hydrogen) atoms. The summed E-state index contributed by atoms with van der Waals surface area (Å²) in [5.41, 5.74) is 1.22. The molecule has 1 aliphatic rings. The lowest BCUT2D eigenvalue weighted by molar-refractivity contribution is -0.122. The number of carbonyl (C=O) groups excluding carboxylic acids is 1. The maximum Gasteiger partial charge on any atom is 0.267 e. The van der Waals surface area contributed by atoms with Crippen LogP contribution < -0.4 is 10.9 Å². The first-order valence-corrected chi connectivity index (χ1v) is 6.50. The highest BCUT2D eigenvalue weighted by molar-refractivity contribution is 5.76. The Morgan fingerprint density at radius 3 is 2.70 bits per heavy atom. The second-order valence-corrected chi connectivity index (χ2v) is 4.79. The summed E-state index contributed by atoms with van der Waals surface area (Å²) < 4.78 is 1.19. The number of nitrogens with zero attached hydrogens (tertiary/aromatic N) is 3. The normalized spacial score (nSPS) is 14.0. The van der Waals surface area contributed by atoms with Gasteiger partial charge in [0.15, 0.2) is 0 Å². The molecule has 0 atom stereocenters. The Morgan fingerprint density at radius 1 is 1.25 bits per heavy atom. The van der Waals surface area contributed by atoms with Gasteiger partial charge in [0.1, 0.15) is 6.54 Å². The van der Waals surface area contributed by atoms with Crippen LogP contribution in [0.5, 0.6) is 0 Å². The molecule has 1 aliphatic carbocycles. The predicted molar refractivity (Wildman–Crippen MR) is 72.9 cm³/mol. The van der Waals surface area contributed by atoms with E-state index in [0.29, 0.717) is 5.69 Å². The summed E-state index contributed by atoms with van der Waals surface area (Å²) in [5.74, 6) is -0.172. The Balaban J connectivity index is 1.83. The van der Waals surface area contributed by atoms with E-state index in [1.807, 2.05) is 0 Å². The minimum atomic E-state index is -0.284. The third kappa shape index (κ3) is 2.90. The summed E-state index contributed by atoms with van der Waals surface area (Å²) >= 11 is 0. The van der Waals surface area contributed by atoms with Crippen LogP contribution in [0.15, 0.2) is 41.5 Å². The van der Waals surface area contributed by atoms with Gasteiger partial charge in [-0.25, -0.2) is 4.68 Å². The van der Waals surface area contributed by atoms with E-state index in [1.54, 1.807) is 30.6 Å². The van der Waals surface area contributed by atoms with Crippen molar-refractivity contribution < 1.29 is 4.79 Å². The number of nitrogens with one attached hydrogen (secondary N) is 1. The van der Waals surface area contributed by atoms with Crippen molar-refractivity contribution in [3.63, 3.8) is 0 Å². The fraction of sp³-hybridized carbons (Fsp3) is 0.286. The monoisotopic (exact) mass is 270 g/mol. The quantitative estimate of drug-likeness (QED) is 0.881. The molecule has 1 saturated carbocycles. The zero-order valence-corrected chi connectivity index (χ0v) is 10.8. The predicted octanol–water partition coefficient (Wildman–Crippen LogP) is 0.584. The van der Waals surface area contributed by atoms with Crippen molar-refractivity contribution in [2.75, 3.05) is 0 Å². The van der Waals surface area contributed by atoms with Crippen LogP contribution in [0.25, 0.3) is 11.3 Å². The molecule has 0 radical (unpaired) electrons. The highest BCUT2D eigenvalue weighted by Crippen LogP contribution is 2.18. The Kier molecular flexibility index (Phi) is 3.28. The smallest absolute Gasteiger partial charge is 0.267 e. The molecule has 2 aromatic heterocycles. The zero-order chi connectivity index (χ0) is 13.9. The highest BCUT2D eigenvalue weighted by Gasteiger charge is 2.23. The van der Waals surface area contributed by atoms with E-state index in [2.05, 4.69) is 15.4 Å². The van der Waals surface area contributed by atoms with Crippen molar-refractivity contribution in [1.82, 2.24) is 20.1 Å². The highest BCUT2D eigenvalue weighted by atomic mass is 16.2. The fourth-order valence-corrected chi connectivity index (χ4v) is 1.88. The minimum Gasteiger partial charge on any atom is -0.352 e. The number of hydrogen-bond acceptors (Lipinski definition) is 4. The van der Waals surface area contributed by atoms with Crippen LogP contribution in [0.3, 0.4) is 0 Å². The molecule has 2 heterocycles. The first-order chi connectivity index (χ1) is 9.72. The van der Waals surface area contributed by atoms with Crippen LogP contribution in [0.1, 0.15) is 12.8 Å². The Hall–Kier alpha value is -2.50. The molecule has 0 saturated heterocycles. The van der Waals surface area contributed by atoms with Crippen LogP contribution in [0, 0.1) is 0 Å². The molecular formula is C14H14N4O2. The third-order valence-corrected chi connectivity index (χ3v) is 3.08. The molecule has 1 N–H and O–H groups in total. The summed E-state index contributed by atoms with van der Waals surface area (Å²) in [7, 11) is 0. The summed E-state index contributed by atoms with van der Waals surface area (Å²) in [6, 6.07) is 6.96. The first kappa shape index (κ1) is 12.5. The van der Waals surface area contributed by atoms with Gasteiger partial charge in [-0.3, -0.25) is 14.6 Å². The van der Waals surface area contributed by atoms with Crippen LogP contribution in [-0.2, 0) is 11.3 Å². The van der Waals surface area contributed by atoms with Crippen LogP contribution in [-0.4, -0.2) is 26.7 Å². The van der Waals surface area contributed by atoms with Crippen molar-refractivity contribution >= 4 is 5.91 Å². The van der Waals surface area contributed by atoms with Gasteiger partial charge >= 0.3 is 0 Å². The number of hydrogen-bond donors (Lipinski definition) is 1. The summed E-state index contributed by atoms with van der Waals surface area (Å²) in [6.45, 7) is -0.0474. The molecule has 0 bridgehead atoms. The lowest BCUT2D eigenvalue weighted by Crippen LogP contribution is -2.34. The van der Waals surface area contributed by atoms with Crippen molar-refractivity contribution in [3.8, 4) is 11.3 Å². The molecule has 6 nitrogen and oxygen atoms in total. The number of carbonyl (C=O) groups is 1. The molecular weight excluding hydrogens is 256 g/mol. The van der Waals surface area contributed by atoms with E-state index >= 15 is 0 Å². The van der Waals surface area contributed by atoms with Gasteiger partial charge in [-0.05, 0) is 31.0 Å². The molecule has 1 amide bonds. The maximum atomic E-state index is 11.7. The van der Waals surface area contributed by atoms with Gasteiger partial charge in [-0.15, -0.1) is 0 Å². The Morgan fingerprint density at radius 2 is 2.00 bits per heavy atom. The molecule has 0 unspecified atom stereocenters. The molecule has 3 rings (SSSR count). The molecule has 0 aliphatic heterocycles. The van der Waals surface area contributed by atoms with Gasteiger partial charge in [-0.2, -0.15) is 5.10 Å². The second kappa shape index (κ2) is 5.24. The van der Waals surface area contributed by atoms with Crippen molar-refractivity contribution in [3.05, 3.63) is 47.0 Å². The zero-order valence-electron chi connectivity index (χ0n) is 10.8. The molecule has 102 valence electrons. The van der Waals surface area contributed by atoms with E-state index in [9.17, 15) is 9.59 Å².